The molecule has 0 bridgehead atoms. The summed E-state index contributed by atoms with van der Waals surface area (Å²) in [5.41, 5.74) is 0. The summed E-state index contributed by atoms with van der Waals surface area (Å²) in [5.74, 6) is -5.42. The van der Waals surface area contributed by atoms with Gasteiger partial charge < -0.3 is 5.11 Å². The summed E-state index contributed by atoms with van der Waals surface area (Å²) in [6, 6.07) is 0. The summed E-state index contributed by atoms with van der Waals surface area (Å²) in [6.07, 6.45) is -0.000986. The molecule has 0 aliphatic heterocycles. The highest BCUT2D eigenvalue weighted by atomic mass is 32.2. The molecular weight excluding hydrogens is 266 g/mol. The molecule has 1 rings (SSSR count). The van der Waals surface area contributed by atoms with E-state index in [1.165, 1.54) is 0 Å². The van der Waals surface area contributed by atoms with E-state index >= 15 is 0 Å². The van der Waals surface area contributed by atoms with Crippen LogP contribution < -0.4 is 0 Å². The van der Waals surface area contributed by atoms with Gasteiger partial charge in [0.15, 0.2) is 14.6 Å². The van der Waals surface area contributed by atoms with Crippen LogP contribution in [-0.4, -0.2) is 35.9 Å². The molecule has 18 heavy (non-hydrogen) atoms. The molecule has 1 saturated carbocycles. The standard InChI is InChI=1S/C11H18F2O4S/c1-10(2,9(14)15)18(16,17)7-8-4-3-5-11(12,13)6-8/h8H,3-7H2,1-2H3,(H,14,15). The van der Waals surface area contributed by atoms with Crippen LogP contribution in [0.4, 0.5) is 8.78 Å². The van der Waals surface area contributed by atoms with E-state index in [0.29, 0.717) is 6.42 Å². The molecule has 0 heterocycles. The predicted octanol–water partition coefficient (Wildman–Crippen LogP) is 2.09. The van der Waals surface area contributed by atoms with Gasteiger partial charge in [-0.2, -0.15) is 0 Å². The molecule has 0 aromatic rings. The van der Waals surface area contributed by atoms with Crippen LogP contribution in [0.3, 0.4) is 0 Å². The monoisotopic (exact) mass is 284 g/mol. The summed E-state index contributed by atoms with van der Waals surface area (Å²) < 4.78 is 48.3. The third-order valence-corrected chi connectivity index (χ3v) is 6.13. The number of aliphatic carboxylic acids is 1. The van der Waals surface area contributed by atoms with Crippen molar-refractivity contribution >= 4 is 15.8 Å². The second-order valence-corrected chi connectivity index (χ2v) is 8.00. The molecule has 1 atom stereocenters. The van der Waals surface area contributed by atoms with Crippen molar-refractivity contribution in [3.05, 3.63) is 0 Å². The van der Waals surface area contributed by atoms with Crippen molar-refractivity contribution in [1.82, 2.24) is 0 Å². The maximum absolute atomic E-state index is 13.2. The molecule has 1 unspecified atom stereocenters. The van der Waals surface area contributed by atoms with E-state index in [-0.39, 0.29) is 12.8 Å². The lowest BCUT2D eigenvalue weighted by Crippen LogP contribution is -2.44. The van der Waals surface area contributed by atoms with Gasteiger partial charge in [-0.15, -0.1) is 0 Å². The molecule has 1 N–H and O–H groups in total. The van der Waals surface area contributed by atoms with Crippen molar-refractivity contribution in [2.75, 3.05) is 5.75 Å². The minimum Gasteiger partial charge on any atom is -0.480 e. The molecule has 106 valence electrons. The van der Waals surface area contributed by atoms with Gasteiger partial charge in [-0.3, -0.25) is 4.79 Å². The number of halogens is 2. The first-order valence-electron chi connectivity index (χ1n) is 5.81. The van der Waals surface area contributed by atoms with Crippen LogP contribution in [-0.2, 0) is 14.6 Å². The van der Waals surface area contributed by atoms with Crippen LogP contribution in [0.15, 0.2) is 0 Å². The first kappa shape index (κ1) is 15.3. The molecule has 0 aromatic heterocycles. The van der Waals surface area contributed by atoms with Crippen LogP contribution in [0.25, 0.3) is 0 Å². The summed E-state index contributed by atoms with van der Waals surface area (Å²) in [7, 11) is -3.94. The first-order valence-corrected chi connectivity index (χ1v) is 7.47. The highest BCUT2D eigenvalue weighted by Crippen LogP contribution is 2.38. The number of hydrogen-bond acceptors (Lipinski definition) is 3. The van der Waals surface area contributed by atoms with Gasteiger partial charge in [-0.1, -0.05) is 0 Å². The smallest absolute Gasteiger partial charge is 0.324 e. The first-order chi connectivity index (χ1) is 7.98. The highest BCUT2D eigenvalue weighted by Gasteiger charge is 2.45. The van der Waals surface area contributed by atoms with Gasteiger partial charge in [0, 0.05) is 12.8 Å². The molecule has 0 saturated heterocycles. The summed E-state index contributed by atoms with van der Waals surface area (Å²) in [6.45, 7) is 2.18. The summed E-state index contributed by atoms with van der Waals surface area (Å²) in [5, 5.41) is 8.88. The molecular formula is C11H18F2O4S. The Morgan fingerprint density at radius 3 is 2.44 bits per heavy atom. The van der Waals surface area contributed by atoms with E-state index in [1.54, 1.807) is 0 Å². The third-order valence-electron chi connectivity index (χ3n) is 3.49. The zero-order chi connectivity index (χ0) is 14.2. The van der Waals surface area contributed by atoms with Gasteiger partial charge in [-0.05, 0) is 32.6 Å². The minimum absolute atomic E-state index is 0.216. The van der Waals surface area contributed by atoms with Crippen LogP contribution in [0.2, 0.25) is 0 Å². The number of hydrogen-bond donors (Lipinski definition) is 1. The lowest BCUT2D eigenvalue weighted by molar-refractivity contribution is -0.139. The van der Waals surface area contributed by atoms with E-state index < -0.39 is 44.6 Å². The fraction of sp³-hybridized carbons (Fsp3) is 0.909. The van der Waals surface area contributed by atoms with E-state index in [4.69, 9.17) is 5.11 Å². The minimum atomic E-state index is -3.94. The van der Waals surface area contributed by atoms with Crippen molar-refractivity contribution in [3.8, 4) is 0 Å². The second kappa shape index (κ2) is 4.75. The maximum atomic E-state index is 13.2. The third kappa shape index (κ3) is 3.18. The molecule has 0 aromatic carbocycles. The van der Waals surface area contributed by atoms with Gasteiger partial charge in [0.2, 0.25) is 5.92 Å². The number of rotatable bonds is 4. The van der Waals surface area contributed by atoms with Crippen LogP contribution in [0, 0.1) is 5.92 Å². The second-order valence-electron chi connectivity index (χ2n) is 5.42. The molecule has 0 amide bonds. The molecule has 7 heteroatoms. The zero-order valence-electron chi connectivity index (χ0n) is 10.4. The Labute approximate surface area is 105 Å². The number of carbonyl (C=O) groups is 1. The normalized spacial score (nSPS) is 24.8. The van der Waals surface area contributed by atoms with Crippen molar-refractivity contribution in [1.29, 1.82) is 0 Å². The molecule has 1 aliphatic carbocycles. The molecule has 4 nitrogen and oxygen atoms in total. The van der Waals surface area contributed by atoms with E-state index in [0.717, 1.165) is 13.8 Å². The number of carboxylic acids is 1. The maximum Gasteiger partial charge on any atom is 0.324 e. The average Bonchev–Trinajstić information content (AvgIpc) is 2.14. The fourth-order valence-electron chi connectivity index (χ4n) is 2.07. The van der Waals surface area contributed by atoms with Crippen molar-refractivity contribution < 1.29 is 27.1 Å². The SMILES string of the molecule is CC(C)(C(=O)O)S(=O)(=O)CC1CCCC(F)(F)C1. The quantitative estimate of drug-likeness (QED) is 0.858. The summed E-state index contributed by atoms with van der Waals surface area (Å²) >= 11 is 0. The fourth-order valence-corrected chi connectivity index (χ4v) is 3.66. The van der Waals surface area contributed by atoms with Gasteiger partial charge >= 0.3 is 5.97 Å². The Bertz CT molecular complexity index is 428. The lowest BCUT2D eigenvalue weighted by Gasteiger charge is -2.30. The lowest BCUT2D eigenvalue weighted by atomic mass is 9.88. The zero-order valence-corrected chi connectivity index (χ0v) is 11.3. The van der Waals surface area contributed by atoms with Gasteiger partial charge in [0.1, 0.15) is 0 Å². The van der Waals surface area contributed by atoms with E-state index in [2.05, 4.69) is 0 Å². The number of alkyl halides is 2. The molecule has 1 fully saturated rings. The summed E-state index contributed by atoms with van der Waals surface area (Å²) in [4.78, 5) is 10.9. The van der Waals surface area contributed by atoms with Crippen LogP contribution in [0.5, 0.6) is 0 Å². The highest BCUT2D eigenvalue weighted by molar-refractivity contribution is 7.93. The van der Waals surface area contributed by atoms with Crippen molar-refractivity contribution in [3.63, 3.8) is 0 Å². The Hall–Kier alpha value is -0.720. The Balaban J connectivity index is 2.81. The van der Waals surface area contributed by atoms with Gasteiger partial charge in [0.05, 0.1) is 5.75 Å². The molecule has 0 spiro atoms. The largest absolute Gasteiger partial charge is 0.480 e. The van der Waals surface area contributed by atoms with Gasteiger partial charge in [0.25, 0.3) is 0 Å². The Morgan fingerprint density at radius 1 is 1.44 bits per heavy atom. The number of sulfone groups is 1. The Kier molecular flexibility index (Phi) is 4.05. The Morgan fingerprint density at radius 2 is 2.00 bits per heavy atom. The molecule has 0 radical (unpaired) electrons. The number of carboxylic acid groups (broad SMARTS) is 1. The topological polar surface area (TPSA) is 71.4 Å². The average molecular weight is 284 g/mol. The van der Waals surface area contributed by atoms with E-state index in [1.807, 2.05) is 0 Å². The molecule has 1 aliphatic rings. The van der Waals surface area contributed by atoms with Crippen molar-refractivity contribution in [2.45, 2.75) is 50.2 Å². The van der Waals surface area contributed by atoms with Crippen molar-refractivity contribution in [2.24, 2.45) is 5.92 Å². The van der Waals surface area contributed by atoms with Gasteiger partial charge in [-0.25, -0.2) is 17.2 Å². The predicted molar refractivity (Wildman–Crippen MR) is 62.4 cm³/mol. The van der Waals surface area contributed by atoms with Crippen LogP contribution >= 0.6 is 0 Å². The van der Waals surface area contributed by atoms with E-state index in [9.17, 15) is 22.0 Å². The van der Waals surface area contributed by atoms with Crippen LogP contribution in [0.1, 0.15) is 39.5 Å².